The smallest absolute Gasteiger partial charge is 0.166 e. The number of para-hydroxylation sites is 1. The molecule has 3 N–H and O–H groups in total. The van der Waals surface area contributed by atoms with Crippen LogP contribution < -0.4 is 10.1 Å². The van der Waals surface area contributed by atoms with Crippen molar-refractivity contribution in [3.63, 3.8) is 0 Å². The molecule has 0 saturated carbocycles. The molecule has 1 aromatic heterocycles. The van der Waals surface area contributed by atoms with Gasteiger partial charge in [-0.15, -0.1) is 0 Å². The molecular weight excluding hydrogens is 356 g/mol. The van der Waals surface area contributed by atoms with Crippen LogP contribution >= 0.6 is 0 Å². The summed E-state index contributed by atoms with van der Waals surface area (Å²) in [4.78, 5) is 17.2. The zero-order chi connectivity index (χ0) is 20.1. The molecule has 0 aliphatic heterocycles. The number of nitrogens with zero attached hydrogens (tertiary/aromatic N) is 1. The first-order valence-electron chi connectivity index (χ1n) is 9.30. The number of ketones is 1. The number of hydrogen-bond donors (Lipinski definition) is 3. The molecule has 0 amide bonds. The lowest BCUT2D eigenvalue weighted by molar-refractivity contribution is 0.0982. The molecule has 0 atom stereocenters. The number of rotatable bonds is 8. The molecule has 1 heterocycles. The molecular formula is C22H24N2O4. The Balaban J connectivity index is 2.16. The molecule has 0 radical (unpaired) electrons. The number of aryl methyl sites for hydroxylation is 1. The largest absolute Gasteiger partial charge is 0.508 e. The Kier molecular flexibility index (Phi) is 6.11. The number of hydrogen-bond acceptors (Lipinski definition) is 6. The minimum atomic E-state index is -0.0960. The molecule has 0 fully saturated rings. The number of aliphatic hydroxyl groups is 1. The summed E-state index contributed by atoms with van der Waals surface area (Å²) in [6, 6.07) is 10.5. The SMILES string of the molecule is CCCC(=O)c1cnc2c(OCCO)cccc2c1Nc1ccc(O)cc1C. The molecule has 0 saturated heterocycles. The molecule has 3 aromatic rings. The summed E-state index contributed by atoms with van der Waals surface area (Å²) < 4.78 is 5.60. The van der Waals surface area contributed by atoms with E-state index in [0.717, 1.165) is 23.1 Å². The molecule has 0 aliphatic rings. The maximum Gasteiger partial charge on any atom is 0.166 e. The second-order valence-corrected chi connectivity index (χ2v) is 6.57. The van der Waals surface area contributed by atoms with Crippen molar-refractivity contribution in [2.24, 2.45) is 0 Å². The summed E-state index contributed by atoms with van der Waals surface area (Å²) in [6.45, 7) is 3.91. The number of aromatic hydroxyl groups is 1. The van der Waals surface area contributed by atoms with Gasteiger partial charge in [-0.1, -0.05) is 19.1 Å². The number of anilines is 2. The van der Waals surface area contributed by atoms with Gasteiger partial charge in [0.2, 0.25) is 0 Å². The van der Waals surface area contributed by atoms with Gasteiger partial charge in [0.1, 0.15) is 23.6 Å². The number of pyridine rings is 1. The Morgan fingerprint density at radius 2 is 2.07 bits per heavy atom. The van der Waals surface area contributed by atoms with E-state index in [9.17, 15) is 9.90 Å². The number of nitrogens with one attached hydrogen (secondary N) is 1. The van der Waals surface area contributed by atoms with E-state index in [4.69, 9.17) is 9.84 Å². The van der Waals surface area contributed by atoms with Gasteiger partial charge in [-0.25, -0.2) is 0 Å². The quantitative estimate of drug-likeness (QED) is 0.398. The topological polar surface area (TPSA) is 91.7 Å². The van der Waals surface area contributed by atoms with Crippen LogP contribution in [0.2, 0.25) is 0 Å². The Labute approximate surface area is 163 Å². The van der Waals surface area contributed by atoms with Crippen LogP contribution in [0.15, 0.2) is 42.6 Å². The van der Waals surface area contributed by atoms with E-state index in [2.05, 4.69) is 10.3 Å². The van der Waals surface area contributed by atoms with Gasteiger partial charge in [-0.05, 0) is 43.2 Å². The summed E-state index contributed by atoms with van der Waals surface area (Å²) in [6.07, 6.45) is 2.75. The Hall–Kier alpha value is -3.12. The van der Waals surface area contributed by atoms with Crippen LogP contribution in [0.5, 0.6) is 11.5 Å². The number of carbonyl (C=O) groups is 1. The van der Waals surface area contributed by atoms with Crippen molar-refractivity contribution in [2.75, 3.05) is 18.5 Å². The van der Waals surface area contributed by atoms with Gasteiger partial charge in [-0.3, -0.25) is 9.78 Å². The summed E-state index contributed by atoms with van der Waals surface area (Å²) in [5, 5.41) is 22.8. The van der Waals surface area contributed by atoms with Gasteiger partial charge < -0.3 is 20.3 Å². The lowest BCUT2D eigenvalue weighted by Gasteiger charge is -2.17. The average molecular weight is 380 g/mol. The third-order valence-corrected chi connectivity index (χ3v) is 4.46. The van der Waals surface area contributed by atoms with Crippen LogP contribution in [-0.4, -0.2) is 34.2 Å². The maximum atomic E-state index is 12.7. The molecule has 0 bridgehead atoms. The van der Waals surface area contributed by atoms with E-state index in [-0.39, 0.29) is 24.7 Å². The van der Waals surface area contributed by atoms with E-state index in [1.807, 2.05) is 26.0 Å². The summed E-state index contributed by atoms with van der Waals surface area (Å²) in [5.74, 6) is 0.744. The fourth-order valence-corrected chi connectivity index (χ4v) is 3.10. The van der Waals surface area contributed by atoms with E-state index < -0.39 is 0 Å². The van der Waals surface area contributed by atoms with E-state index >= 15 is 0 Å². The van der Waals surface area contributed by atoms with Crippen LogP contribution in [0.1, 0.15) is 35.7 Å². The van der Waals surface area contributed by atoms with Crippen molar-refractivity contribution < 1.29 is 19.7 Å². The van der Waals surface area contributed by atoms with Crippen LogP contribution in [0.4, 0.5) is 11.4 Å². The lowest BCUT2D eigenvalue weighted by atomic mass is 10.0. The summed E-state index contributed by atoms with van der Waals surface area (Å²) in [5.41, 5.74) is 3.43. The highest BCUT2D eigenvalue weighted by atomic mass is 16.5. The lowest BCUT2D eigenvalue weighted by Crippen LogP contribution is -2.07. The molecule has 6 nitrogen and oxygen atoms in total. The number of phenolic OH excluding ortho intramolecular Hbond substituents is 1. The van der Waals surface area contributed by atoms with Gasteiger partial charge in [0.05, 0.1) is 17.9 Å². The van der Waals surface area contributed by atoms with Crippen molar-refractivity contribution in [3.05, 3.63) is 53.7 Å². The van der Waals surface area contributed by atoms with Gasteiger partial charge >= 0.3 is 0 Å². The predicted molar refractivity (Wildman–Crippen MR) is 110 cm³/mol. The van der Waals surface area contributed by atoms with Crippen molar-refractivity contribution in [3.8, 4) is 11.5 Å². The maximum absolute atomic E-state index is 12.7. The van der Waals surface area contributed by atoms with Gasteiger partial charge in [0, 0.05) is 23.7 Å². The highest BCUT2D eigenvalue weighted by Gasteiger charge is 2.18. The van der Waals surface area contributed by atoms with Crippen LogP contribution in [-0.2, 0) is 0 Å². The van der Waals surface area contributed by atoms with Gasteiger partial charge in [-0.2, -0.15) is 0 Å². The van der Waals surface area contributed by atoms with Crippen molar-refractivity contribution in [2.45, 2.75) is 26.7 Å². The number of fused-ring (bicyclic) bond motifs is 1. The number of ether oxygens (including phenoxy) is 1. The van der Waals surface area contributed by atoms with Crippen molar-refractivity contribution >= 4 is 28.1 Å². The first-order valence-corrected chi connectivity index (χ1v) is 9.30. The Bertz CT molecular complexity index is 1000. The Morgan fingerprint density at radius 3 is 2.79 bits per heavy atom. The average Bonchev–Trinajstić information content (AvgIpc) is 2.68. The fraction of sp³-hybridized carbons (Fsp3) is 0.273. The number of Topliss-reactive ketones (excluding diaryl/α,β-unsaturated/α-hetero) is 1. The molecule has 0 aliphatic carbocycles. The minimum Gasteiger partial charge on any atom is -0.508 e. The first kappa shape index (κ1) is 19.6. The third kappa shape index (κ3) is 4.07. The fourth-order valence-electron chi connectivity index (χ4n) is 3.10. The van der Waals surface area contributed by atoms with Crippen molar-refractivity contribution in [1.29, 1.82) is 0 Å². The summed E-state index contributed by atoms with van der Waals surface area (Å²) >= 11 is 0. The zero-order valence-electron chi connectivity index (χ0n) is 16.0. The molecule has 6 heteroatoms. The molecule has 0 spiro atoms. The number of benzene rings is 2. The molecule has 3 rings (SSSR count). The van der Waals surface area contributed by atoms with Crippen LogP contribution in [0.25, 0.3) is 10.9 Å². The number of aromatic nitrogens is 1. The minimum absolute atomic E-state index is 0.0116. The number of aliphatic hydroxyl groups excluding tert-OH is 1. The molecule has 2 aromatic carbocycles. The molecule has 28 heavy (non-hydrogen) atoms. The third-order valence-electron chi connectivity index (χ3n) is 4.46. The standard InChI is InChI=1S/C22H24N2O4/c1-3-5-19(27)17-13-23-22-16(6-4-7-20(22)28-11-10-25)21(17)24-18-9-8-15(26)12-14(18)2/h4,6-9,12-13,25-26H,3,5,10-11H2,1-2H3,(H,23,24). The Morgan fingerprint density at radius 1 is 1.25 bits per heavy atom. The monoisotopic (exact) mass is 380 g/mol. The summed E-state index contributed by atoms with van der Waals surface area (Å²) in [7, 11) is 0. The second-order valence-electron chi connectivity index (χ2n) is 6.57. The number of carbonyl (C=O) groups excluding carboxylic acids is 1. The van der Waals surface area contributed by atoms with E-state index in [0.29, 0.717) is 28.9 Å². The molecule has 146 valence electrons. The van der Waals surface area contributed by atoms with Crippen LogP contribution in [0.3, 0.4) is 0 Å². The predicted octanol–water partition coefficient (Wildman–Crippen LogP) is 4.35. The molecule has 0 unspecified atom stereocenters. The normalized spacial score (nSPS) is 10.8. The van der Waals surface area contributed by atoms with Gasteiger partial charge in [0.25, 0.3) is 0 Å². The number of phenols is 1. The van der Waals surface area contributed by atoms with E-state index in [1.165, 1.54) is 0 Å². The van der Waals surface area contributed by atoms with Gasteiger partial charge in [0.15, 0.2) is 5.78 Å². The highest BCUT2D eigenvalue weighted by molar-refractivity contribution is 6.09. The highest BCUT2D eigenvalue weighted by Crippen LogP contribution is 2.35. The first-order chi connectivity index (χ1) is 13.5. The van der Waals surface area contributed by atoms with Crippen LogP contribution in [0, 0.1) is 6.92 Å². The van der Waals surface area contributed by atoms with E-state index in [1.54, 1.807) is 30.5 Å². The second kappa shape index (κ2) is 8.71. The zero-order valence-corrected chi connectivity index (χ0v) is 16.0. The van der Waals surface area contributed by atoms with Crippen molar-refractivity contribution in [1.82, 2.24) is 4.98 Å².